The summed E-state index contributed by atoms with van der Waals surface area (Å²) in [6.45, 7) is 10.1. The molecule has 0 bridgehead atoms. The SMILES string of the molecule is CC(C)OCCN1CCC(C)(C#N)CC1. The van der Waals surface area contributed by atoms with Crippen LogP contribution in [0.2, 0.25) is 0 Å². The fourth-order valence-electron chi connectivity index (χ4n) is 1.80. The number of hydrogen-bond acceptors (Lipinski definition) is 3. The molecule has 0 unspecified atom stereocenters. The van der Waals surface area contributed by atoms with Crippen LogP contribution in [0.15, 0.2) is 0 Å². The molecule has 86 valence electrons. The van der Waals surface area contributed by atoms with Gasteiger partial charge in [-0.2, -0.15) is 5.26 Å². The zero-order chi connectivity index (χ0) is 11.3. The first-order chi connectivity index (χ1) is 7.06. The minimum absolute atomic E-state index is 0.0879. The summed E-state index contributed by atoms with van der Waals surface area (Å²) < 4.78 is 5.52. The molecule has 0 aliphatic carbocycles. The molecule has 3 heteroatoms. The second-order valence-electron chi connectivity index (χ2n) is 4.93. The highest BCUT2D eigenvalue weighted by molar-refractivity contribution is 4.98. The lowest BCUT2D eigenvalue weighted by Crippen LogP contribution is -2.39. The molecule has 1 heterocycles. The summed E-state index contributed by atoms with van der Waals surface area (Å²) in [7, 11) is 0. The second kappa shape index (κ2) is 5.48. The summed E-state index contributed by atoms with van der Waals surface area (Å²) in [4.78, 5) is 2.39. The van der Waals surface area contributed by atoms with Crippen LogP contribution in [0.4, 0.5) is 0 Å². The molecule has 0 aromatic heterocycles. The normalized spacial score (nSPS) is 21.5. The summed E-state index contributed by atoms with van der Waals surface area (Å²) in [6, 6.07) is 2.42. The maximum absolute atomic E-state index is 8.99. The smallest absolute Gasteiger partial charge is 0.0687 e. The van der Waals surface area contributed by atoms with Gasteiger partial charge in [0.05, 0.1) is 24.2 Å². The van der Waals surface area contributed by atoms with Gasteiger partial charge in [0, 0.05) is 6.54 Å². The Morgan fingerprint density at radius 2 is 2.00 bits per heavy atom. The molecule has 0 amide bonds. The van der Waals surface area contributed by atoms with Gasteiger partial charge in [-0.15, -0.1) is 0 Å². The van der Waals surface area contributed by atoms with Crippen molar-refractivity contribution in [3.63, 3.8) is 0 Å². The summed E-state index contributed by atoms with van der Waals surface area (Å²) in [6.07, 6.45) is 2.30. The van der Waals surface area contributed by atoms with Crippen molar-refractivity contribution >= 4 is 0 Å². The van der Waals surface area contributed by atoms with E-state index < -0.39 is 0 Å². The van der Waals surface area contributed by atoms with E-state index in [9.17, 15) is 0 Å². The zero-order valence-electron chi connectivity index (χ0n) is 10.1. The van der Waals surface area contributed by atoms with Gasteiger partial charge in [-0.05, 0) is 46.7 Å². The van der Waals surface area contributed by atoms with Crippen molar-refractivity contribution in [1.29, 1.82) is 5.26 Å². The largest absolute Gasteiger partial charge is 0.377 e. The number of likely N-dealkylation sites (tertiary alicyclic amines) is 1. The molecule has 1 saturated heterocycles. The van der Waals surface area contributed by atoms with Crippen LogP contribution in [0.5, 0.6) is 0 Å². The monoisotopic (exact) mass is 210 g/mol. The standard InChI is InChI=1S/C12H22N2O/c1-11(2)15-9-8-14-6-4-12(3,10-13)5-7-14/h11H,4-9H2,1-3H3. The lowest BCUT2D eigenvalue weighted by molar-refractivity contribution is 0.0472. The summed E-state index contributed by atoms with van der Waals surface area (Å²) in [5, 5.41) is 8.99. The Bertz CT molecular complexity index is 224. The van der Waals surface area contributed by atoms with E-state index in [-0.39, 0.29) is 5.41 Å². The van der Waals surface area contributed by atoms with Crippen LogP contribution in [0, 0.1) is 16.7 Å². The Morgan fingerprint density at radius 3 is 2.47 bits per heavy atom. The average Bonchev–Trinajstić information content (AvgIpc) is 2.21. The molecular weight excluding hydrogens is 188 g/mol. The molecule has 0 radical (unpaired) electrons. The van der Waals surface area contributed by atoms with Crippen LogP contribution >= 0.6 is 0 Å². The Balaban J connectivity index is 2.18. The number of rotatable bonds is 4. The molecule has 15 heavy (non-hydrogen) atoms. The van der Waals surface area contributed by atoms with E-state index >= 15 is 0 Å². The number of nitrogens with zero attached hydrogens (tertiary/aromatic N) is 2. The van der Waals surface area contributed by atoms with Crippen molar-refractivity contribution < 1.29 is 4.74 Å². The molecule has 1 fully saturated rings. The van der Waals surface area contributed by atoms with E-state index in [1.54, 1.807) is 0 Å². The minimum Gasteiger partial charge on any atom is -0.377 e. The van der Waals surface area contributed by atoms with Crippen LogP contribution in [0.25, 0.3) is 0 Å². The molecule has 1 rings (SSSR count). The molecule has 0 aromatic carbocycles. The first-order valence-electron chi connectivity index (χ1n) is 5.81. The number of nitriles is 1. The molecule has 0 atom stereocenters. The highest BCUT2D eigenvalue weighted by Crippen LogP contribution is 2.29. The van der Waals surface area contributed by atoms with E-state index in [1.807, 2.05) is 0 Å². The van der Waals surface area contributed by atoms with Crippen LogP contribution in [0.1, 0.15) is 33.6 Å². The molecular formula is C12H22N2O. The third-order valence-corrected chi connectivity index (χ3v) is 3.09. The number of ether oxygens (including phenoxy) is 1. The van der Waals surface area contributed by atoms with E-state index in [2.05, 4.69) is 31.7 Å². The van der Waals surface area contributed by atoms with Crippen molar-refractivity contribution in [3.05, 3.63) is 0 Å². The third-order valence-electron chi connectivity index (χ3n) is 3.09. The highest BCUT2D eigenvalue weighted by atomic mass is 16.5. The fraction of sp³-hybridized carbons (Fsp3) is 0.917. The van der Waals surface area contributed by atoms with E-state index in [1.165, 1.54) is 0 Å². The van der Waals surface area contributed by atoms with Gasteiger partial charge in [-0.25, -0.2) is 0 Å². The van der Waals surface area contributed by atoms with Gasteiger partial charge in [0.2, 0.25) is 0 Å². The van der Waals surface area contributed by atoms with Gasteiger partial charge in [0.25, 0.3) is 0 Å². The molecule has 1 aliphatic rings. The summed E-state index contributed by atoms with van der Waals surface area (Å²) >= 11 is 0. The summed E-state index contributed by atoms with van der Waals surface area (Å²) in [5.74, 6) is 0. The topological polar surface area (TPSA) is 36.3 Å². The Hall–Kier alpha value is -0.590. The lowest BCUT2D eigenvalue weighted by atomic mass is 9.82. The quantitative estimate of drug-likeness (QED) is 0.712. The van der Waals surface area contributed by atoms with Gasteiger partial charge in [0.15, 0.2) is 0 Å². The lowest BCUT2D eigenvalue weighted by Gasteiger charge is -2.34. The highest BCUT2D eigenvalue weighted by Gasteiger charge is 2.29. The van der Waals surface area contributed by atoms with E-state index in [0.717, 1.165) is 39.1 Å². The predicted octanol–water partition coefficient (Wildman–Crippen LogP) is 2.04. The van der Waals surface area contributed by atoms with Crippen molar-refractivity contribution in [2.75, 3.05) is 26.2 Å². The Labute approximate surface area is 93.0 Å². The second-order valence-corrected chi connectivity index (χ2v) is 4.93. The average molecular weight is 210 g/mol. The van der Waals surface area contributed by atoms with Crippen LogP contribution in [-0.2, 0) is 4.74 Å². The zero-order valence-corrected chi connectivity index (χ0v) is 10.1. The Morgan fingerprint density at radius 1 is 1.40 bits per heavy atom. The first kappa shape index (κ1) is 12.5. The first-order valence-corrected chi connectivity index (χ1v) is 5.81. The van der Waals surface area contributed by atoms with Crippen molar-refractivity contribution in [3.8, 4) is 6.07 Å². The fourth-order valence-corrected chi connectivity index (χ4v) is 1.80. The van der Waals surface area contributed by atoms with Gasteiger partial charge in [-0.3, -0.25) is 0 Å². The molecule has 0 saturated carbocycles. The van der Waals surface area contributed by atoms with Gasteiger partial charge in [-0.1, -0.05) is 0 Å². The van der Waals surface area contributed by atoms with Crippen molar-refractivity contribution in [2.45, 2.75) is 39.7 Å². The van der Waals surface area contributed by atoms with E-state index in [0.29, 0.717) is 6.10 Å². The predicted molar refractivity (Wildman–Crippen MR) is 60.5 cm³/mol. The van der Waals surface area contributed by atoms with Gasteiger partial charge in [0.1, 0.15) is 0 Å². The molecule has 0 N–H and O–H groups in total. The van der Waals surface area contributed by atoms with Crippen LogP contribution < -0.4 is 0 Å². The van der Waals surface area contributed by atoms with E-state index in [4.69, 9.17) is 10.00 Å². The van der Waals surface area contributed by atoms with Crippen LogP contribution in [0.3, 0.4) is 0 Å². The molecule has 0 spiro atoms. The Kier molecular flexibility index (Phi) is 4.56. The molecule has 1 aliphatic heterocycles. The number of piperidine rings is 1. The van der Waals surface area contributed by atoms with Gasteiger partial charge >= 0.3 is 0 Å². The maximum Gasteiger partial charge on any atom is 0.0687 e. The van der Waals surface area contributed by atoms with Gasteiger partial charge < -0.3 is 9.64 Å². The van der Waals surface area contributed by atoms with Crippen molar-refractivity contribution in [2.24, 2.45) is 5.41 Å². The molecule has 3 nitrogen and oxygen atoms in total. The third kappa shape index (κ3) is 4.19. The minimum atomic E-state index is -0.0879. The van der Waals surface area contributed by atoms with Crippen molar-refractivity contribution in [1.82, 2.24) is 4.90 Å². The molecule has 0 aromatic rings. The maximum atomic E-state index is 8.99. The van der Waals surface area contributed by atoms with Crippen LogP contribution in [-0.4, -0.2) is 37.2 Å². The number of hydrogen-bond donors (Lipinski definition) is 0. The summed E-state index contributed by atoms with van der Waals surface area (Å²) in [5.41, 5.74) is -0.0879.